The Morgan fingerprint density at radius 3 is 2.56 bits per heavy atom. The molecule has 0 atom stereocenters. The molecule has 0 radical (unpaired) electrons. The van der Waals surface area contributed by atoms with Gasteiger partial charge in [-0.25, -0.2) is 4.79 Å². The third-order valence-electron chi connectivity index (χ3n) is 6.47. The highest BCUT2D eigenvalue weighted by atomic mass is 32.1. The first-order valence-corrected chi connectivity index (χ1v) is 12.6. The average molecular weight is 487 g/mol. The number of esters is 1. The number of nitrogens with one attached hydrogen (secondary N) is 1. The second kappa shape index (κ2) is 10.5. The monoisotopic (exact) mass is 486 g/mol. The van der Waals surface area contributed by atoms with Gasteiger partial charge in [0.2, 0.25) is 0 Å². The molecule has 10 heteroatoms. The first-order chi connectivity index (χ1) is 16.4. The van der Waals surface area contributed by atoms with E-state index in [0.717, 1.165) is 55.8 Å². The zero-order chi connectivity index (χ0) is 24.2. The minimum Gasteiger partial charge on any atom is -0.462 e. The highest BCUT2D eigenvalue weighted by molar-refractivity contribution is 7.17. The summed E-state index contributed by atoms with van der Waals surface area (Å²) >= 11 is 1.40. The summed E-state index contributed by atoms with van der Waals surface area (Å²) in [7, 11) is 0. The lowest BCUT2D eigenvalue weighted by molar-refractivity contribution is -0.384. The summed E-state index contributed by atoms with van der Waals surface area (Å²) in [5.74, 6) is -0.917. The number of ether oxygens (including phenoxy) is 1. The molecule has 1 N–H and O–H groups in total. The normalized spacial score (nSPS) is 16.1. The van der Waals surface area contributed by atoms with Crippen LogP contribution in [0.2, 0.25) is 0 Å². The lowest BCUT2D eigenvalue weighted by atomic mass is 9.95. The third kappa shape index (κ3) is 4.92. The largest absolute Gasteiger partial charge is 0.462 e. The molecule has 1 fully saturated rings. The SMILES string of the molecule is CCOC(=O)c1c(NC(=O)c2ccc(N3CCN(CC)CC3)c([N+](=O)[O-])c2)sc2c1CCCC2. The van der Waals surface area contributed by atoms with Gasteiger partial charge in [-0.1, -0.05) is 6.92 Å². The summed E-state index contributed by atoms with van der Waals surface area (Å²) < 4.78 is 5.25. The number of piperazine rings is 1. The van der Waals surface area contributed by atoms with Crippen LogP contribution < -0.4 is 10.2 Å². The van der Waals surface area contributed by atoms with E-state index in [0.29, 0.717) is 29.3 Å². The molecule has 1 aliphatic carbocycles. The molecule has 4 rings (SSSR count). The van der Waals surface area contributed by atoms with E-state index < -0.39 is 16.8 Å². The van der Waals surface area contributed by atoms with Gasteiger partial charge in [0, 0.05) is 42.7 Å². The predicted octanol–water partition coefficient (Wildman–Crippen LogP) is 4.11. The molecule has 182 valence electrons. The molecule has 1 amide bonds. The molecule has 2 aliphatic rings. The molecule has 0 spiro atoms. The van der Waals surface area contributed by atoms with Gasteiger partial charge in [-0.05, 0) is 56.8 Å². The molecule has 1 aromatic carbocycles. The van der Waals surface area contributed by atoms with Gasteiger partial charge in [-0.2, -0.15) is 0 Å². The molecule has 2 heterocycles. The number of carbonyl (C=O) groups is 2. The van der Waals surface area contributed by atoms with Crippen LogP contribution in [0, 0.1) is 10.1 Å². The number of nitro groups is 1. The smallest absolute Gasteiger partial charge is 0.341 e. The zero-order valence-corrected chi connectivity index (χ0v) is 20.4. The molecule has 1 saturated heterocycles. The van der Waals surface area contributed by atoms with Crippen molar-refractivity contribution in [3.05, 3.63) is 49.9 Å². The van der Waals surface area contributed by atoms with Crippen molar-refractivity contribution < 1.29 is 19.2 Å². The number of thiophene rings is 1. The van der Waals surface area contributed by atoms with Crippen LogP contribution in [-0.2, 0) is 17.6 Å². The standard InChI is InChI=1S/C24H30N4O5S/c1-3-26-11-13-27(14-12-26)18-10-9-16(15-19(18)28(31)32)22(29)25-23-21(24(30)33-4-2)17-7-5-6-8-20(17)34-23/h9-10,15H,3-8,11-14H2,1-2H3,(H,25,29). The number of nitrogens with zero attached hydrogens (tertiary/aromatic N) is 3. The van der Waals surface area contributed by atoms with E-state index in [4.69, 9.17) is 4.74 Å². The van der Waals surface area contributed by atoms with Gasteiger partial charge in [0.1, 0.15) is 10.7 Å². The predicted molar refractivity (Wildman–Crippen MR) is 132 cm³/mol. The molecular formula is C24H30N4O5S. The van der Waals surface area contributed by atoms with E-state index in [2.05, 4.69) is 17.1 Å². The van der Waals surface area contributed by atoms with Gasteiger partial charge < -0.3 is 19.9 Å². The van der Waals surface area contributed by atoms with Gasteiger partial charge in [0.05, 0.1) is 17.1 Å². The Labute approximate surface area is 202 Å². The summed E-state index contributed by atoms with van der Waals surface area (Å²) in [5.41, 5.74) is 2.00. The van der Waals surface area contributed by atoms with Gasteiger partial charge in [0.15, 0.2) is 0 Å². The molecule has 0 bridgehead atoms. The van der Waals surface area contributed by atoms with E-state index >= 15 is 0 Å². The Hall–Kier alpha value is -2.98. The highest BCUT2D eigenvalue weighted by Gasteiger charge is 2.29. The minimum atomic E-state index is -0.477. The number of rotatable bonds is 7. The molecule has 1 aromatic heterocycles. The van der Waals surface area contributed by atoms with Gasteiger partial charge in [-0.3, -0.25) is 14.9 Å². The summed E-state index contributed by atoms with van der Waals surface area (Å²) in [4.78, 5) is 42.6. The molecular weight excluding hydrogens is 456 g/mol. The number of nitro benzene ring substituents is 1. The summed E-state index contributed by atoms with van der Waals surface area (Å²) in [6.45, 7) is 8.13. The van der Waals surface area contributed by atoms with Gasteiger partial charge in [0.25, 0.3) is 11.6 Å². The maximum atomic E-state index is 13.1. The maximum absolute atomic E-state index is 13.1. The van der Waals surface area contributed by atoms with E-state index in [-0.39, 0.29) is 17.9 Å². The molecule has 34 heavy (non-hydrogen) atoms. The molecule has 0 saturated carbocycles. The summed E-state index contributed by atoms with van der Waals surface area (Å²) in [6.07, 6.45) is 3.68. The van der Waals surface area contributed by atoms with E-state index in [1.54, 1.807) is 19.1 Å². The van der Waals surface area contributed by atoms with Crippen LogP contribution in [0.3, 0.4) is 0 Å². The van der Waals surface area contributed by atoms with Crippen LogP contribution in [0.5, 0.6) is 0 Å². The van der Waals surface area contributed by atoms with Crippen LogP contribution >= 0.6 is 11.3 Å². The number of anilines is 2. The number of benzene rings is 1. The number of hydrogen-bond acceptors (Lipinski definition) is 8. The third-order valence-corrected chi connectivity index (χ3v) is 7.68. The second-order valence-corrected chi connectivity index (χ2v) is 9.58. The number of likely N-dealkylation sites (N-methyl/N-ethyl adjacent to an activating group) is 1. The first kappa shape index (κ1) is 24.2. The Balaban J connectivity index is 1.59. The summed E-state index contributed by atoms with van der Waals surface area (Å²) in [5, 5.41) is 15.1. The van der Waals surface area contributed by atoms with E-state index in [9.17, 15) is 19.7 Å². The summed E-state index contributed by atoms with van der Waals surface area (Å²) in [6, 6.07) is 4.59. The number of fused-ring (bicyclic) bond motifs is 1. The number of aryl methyl sites for hydroxylation is 1. The highest BCUT2D eigenvalue weighted by Crippen LogP contribution is 2.39. The van der Waals surface area contributed by atoms with Crippen molar-refractivity contribution in [2.75, 3.05) is 49.5 Å². The molecule has 1 aliphatic heterocycles. The van der Waals surface area contributed by atoms with Crippen LogP contribution in [0.4, 0.5) is 16.4 Å². The van der Waals surface area contributed by atoms with Crippen molar-refractivity contribution in [1.82, 2.24) is 4.90 Å². The van der Waals surface area contributed by atoms with Crippen LogP contribution in [0.25, 0.3) is 0 Å². The number of carbonyl (C=O) groups excluding carboxylic acids is 2. The fourth-order valence-corrected chi connectivity index (χ4v) is 5.90. The molecule has 9 nitrogen and oxygen atoms in total. The Morgan fingerprint density at radius 1 is 1.15 bits per heavy atom. The van der Waals surface area contributed by atoms with E-state index in [1.807, 2.05) is 4.90 Å². The fourth-order valence-electron chi connectivity index (χ4n) is 4.63. The van der Waals surface area contributed by atoms with Crippen LogP contribution in [0.15, 0.2) is 18.2 Å². The topological polar surface area (TPSA) is 105 Å². The van der Waals surface area contributed by atoms with Crippen molar-refractivity contribution in [3.63, 3.8) is 0 Å². The number of hydrogen-bond donors (Lipinski definition) is 1. The first-order valence-electron chi connectivity index (χ1n) is 11.8. The molecule has 2 aromatic rings. The Bertz CT molecular complexity index is 1090. The van der Waals surface area contributed by atoms with Crippen molar-refractivity contribution in [2.45, 2.75) is 39.5 Å². The Morgan fingerprint density at radius 2 is 1.88 bits per heavy atom. The maximum Gasteiger partial charge on any atom is 0.341 e. The van der Waals surface area contributed by atoms with Crippen molar-refractivity contribution in [3.8, 4) is 0 Å². The second-order valence-electron chi connectivity index (χ2n) is 8.47. The average Bonchev–Trinajstić information content (AvgIpc) is 3.21. The van der Waals surface area contributed by atoms with Crippen molar-refractivity contribution >= 4 is 39.6 Å². The number of amides is 1. The Kier molecular flexibility index (Phi) is 7.47. The quantitative estimate of drug-likeness (QED) is 0.357. The van der Waals surface area contributed by atoms with Crippen LogP contribution in [-0.4, -0.2) is 61.0 Å². The lowest BCUT2D eigenvalue weighted by Gasteiger charge is -2.35. The van der Waals surface area contributed by atoms with Crippen LogP contribution in [0.1, 0.15) is 57.8 Å². The van der Waals surface area contributed by atoms with Crippen molar-refractivity contribution in [2.24, 2.45) is 0 Å². The van der Waals surface area contributed by atoms with Crippen molar-refractivity contribution in [1.29, 1.82) is 0 Å². The minimum absolute atomic E-state index is 0.0892. The zero-order valence-electron chi connectivity index (χ0n) is 19.6. The van der Waals surface area contributed by atoms with Gasteiger partial charge >= 0.3 is 5.97 Å². The lowest BCUT2D eigenvalue weighted by Crippen LogP contribution is -2.46. The molecule has 0 unspecified atom stereocenters. The fraction of sp³-hybridized carbons (Fsp3) is 0.500. The van der Waals surface area contributed by atoms with Gasteiger partial charge in [-0.15, -0.1) is 11.3 Å². The van der Waals surface area contributed by atoms with E-state index in [1.165, 1.54) is 17.4 Å².